The Hall–Kier alpha value is -1.46. The molecule has 1 aliphatic carbocycles. The summed E-state index contributed by atoms with van der Waals surface area (Å²) in [6.45, 7) is 7.46. The van der Waals surface area contributed by atoms with Gasteiger partial charge in [-0.1, -0.05) is 19.9 Å². The number of aromatic hydroxyl groups is 3. The Bertz CT molecular complexity index is 487. The average molecular weight is 281 g/mol. The summed E-state index contributed by atoms with van der Waals surface area (Å²) in [5.74, 6) is -1.05. The summed E-state index contributed by atoms with van der Waals surface area (Å²) in [5.41, 5.74) is 0.612. The fourth-order valence-electron chi connectivity index (χ4n) is 2.70. The van der Waals surface area contributed by atoms with Crippen LogP contribution in [0, 0.1) is 5.41 Å². The molecule has 1 fully saturated rings. The summed E-state index contributed by atoms with van der Waals surface area (Å²) in [6.07, 6.45) is 1.19. The predicted molar refractivity (Wildman–Crippen MR) is 75.9 cm³/mol. The Balaban J connectivity index is 1.96. The van der Waals surface area contributed by atoms with Crippen LogP contribution in [0.1, 0.15) is 32.8 Å². The van der Waals surface area contributed by atoms with Gasteiger partial charge in [-0.15, -0.1) is 0 Å². The molecule has 1 aliphatic rings. The predicted octanol–water partition coefficient (Wildman–Crippen LogP) is 2.10. The number of rotatable bonds is 5. The second-order valence-electron chi connectivity index (χ2n) is 5.88. The van der Waals surface area contributed by atoms with Gasteiger partial charge in [0.25, 0.3) is 0 Å². The van der Waals surface area contributed by atoms with Gasteiger partial charge in [0.15, 0.2) is 11.5 Å². The maximum atomic E-state index is 9.77. The quantitative estimate of drug-likeness (QED) is 0.621. The largest absolute Gasteiger partial charge is 0.504 e. The van der Waals surface area contributed by atoms with Gasteiger partial charge in [-0.05, 0) is 19.4 Å². The van der Waals surface area contributed by atoms with Crippen molar-refractivity contribution in [2.75, 3.05) is 6.61 Å². The molecule has 1 aromatic rings. The maximum absolute atomic E-state index is 9.77. The van der Waals surface area contributed by atoms with Crippen LogP contribution in [0.2, 0.25) is 0 Å². The van der Waals surface area contributed by atoms with Gasteiger partial charge in [-0.2, -0.15) is 0 Å². The van der Waals surface area contributed by atoms with Crippen molar-refractivity contribution in [3.8, 4) is 17.2 Å². The summed E-state index contributed by atoms with van der Waals surface area (Å²) in [4.78, 5) is 0. The van der Waals surface area contributed by atoms with Crippen LogP contribution in [0.25, 0.3) is 0 Å². The maximum Gasteiger partial charge on any atom is 0.200 e. The summed E-state index contributed by atoms with van der Waals surface area (Å²) >= 11 is 0. The Morgan fingerprint density at radius 2 is 1.95 bits per heavy atom. The Morgan fingerprint density at radius 3 is 2.55 bits per heavy atom. The molecule has 0 bridgehead atoms. The number of phenols is 3. The molecule has 2 rings (SSSR count). The molecule has 0 aromatic heterocycles. The normalized spacial score (nSPS) is 24.4. The van der Waals surface area contributed by atoms with Gasteiger partial charge in [0.1, 0.15) is 0 Å². The fraction of sp³-hybridized carbons (Fsp3) is 0.600. The molecule has 0 heterocycles. The summed E-state index contributed by atoms with van der Waals surface area (Å²) in [6, 6.07) is 3.28. The zero-order valence-electron chi connectivity index (χ0n) is 12.2. The molecule has 112 valence electrons. The van der Waals surface area contributed by atoms with Crippen molar-refractivity contribution in [2.24, 2.45) is 5.41 Å². The molecular weight excluding hydrogens is 258 g/mol. The molecule has 4 N–H and O–H groups in total. The second kappa shape index (κ2) is 5.50. The van der Waals surface area contributed by atoms with Crippen molar-refractivity contribution in [3.63, 3.8) is 0 Å². The highest BCUT2D eigenvalue weighted by Crippen LogP contribution is 2.43. The number of hydrogen-bond acceptors (Lipinski definition) is 5. The first-order valence-corrected chi connectivity index (χ1v) is 6.95. The van der Waals surface area contributed by atoms with Crippen LogP contribution in [0.15, 0.2) is 12.1 Å². The lowest BCUT2D eigenvalue weighted by molar-refractivity contribution is -0.114. The van der Waals surface area contributed by atoms with Crippen molar-refractivity contribution in [1.82, 2.24) is 5.32 Å². The molecule has 0 aliphatic heterocycles. The molecule has 0 amide bonds. The number of benzene rings is 1. The molecule has 20 heavy (non-hydrogen) atoms. The number of nitrogens with one attached hydrogen (secondary N) is 1. The van der Waals surface area contributed by atoms with E-state index in [0.29, 0.717) is 24.8 Å². The van der Waals surface area contributed by atoms with E-state index in [9.17, 15) is 15.3 Å². The van der Waals surface area contributed by atoms with Gasteiger partial charge in [0.05, 0.1) is 6.10 Å². The lowest BCUT2D eigenvalue weighted by Crippen LogP contribution is -2.60. The van der Waals surface area contributed by atoms with E-state index in [1.54, 1.807) is 6.07 Å². The van der Waals surface area contributed by atoms with E-state index in [2.05, 4.69) is 19.2 Å². The third-order valence-corrected chi connectivity index (χ3v) is 4.30. The van der Waals surface area contributed by atoms with E-state index < -0.39 is 5.75 Å². The first-order chi connectivity index (χ1) is 9.37. The lowest BCUT2D eigenvalue weighted by atomic mass is 9.64. The van der Waals surface area contributed by atoms with Crippen molar-refractivity contribution in [3.05, 3.63) is 17.7 Å². The standard InChI is InChI=1S/C15H23NO4/c1-4-20-12-7-11(15(12,2)3)16-8-9-5-6-10(17)14(19)13(9)18/h5-6,11-12,16-19H,4,7-8H2,1-3H3. The molecule has 0 radical (unpaired) electrons. The highest BCUT2D eigenvalue weighted by Gasteiger charge is 2.48. The average Bonchev–Trinajstić information content (AvgIpc) is 2.41. The third kappa shape index (κ3) is 2.55. The van der Waals surface area contributed by atoms with E-state index in [-0.39, 0.29) is 23.0 Å². The number of phenolic OH excluding ortho intramolecular Hbond substituents is 3. The van der Waals surface area contributed by atoms with E-state index in [1.807, 2.05) is 6.92 Å². The monoisotopic (exact) mass is 281 g/mol. The van der Waals surface area contributed by atoms with Gasteiger partial charge in [0, 0.05) is 30.2 Å². The Labute approximate surface area is 119 Å². The molecular formula is C15H23NO4. The van der Waals surface area contributed by atoms with Crippen molar-refractivity contribution < 1.29 is 20.1 Å². The summed E-state index contributed by atoms with van der Waals surface area (Å²) in [7, 11) is 0. The lowest BCUT2D eigenvalue weighted by Gasteiger charge is -2.52. The Morgan fingerprint density at radius 1 is 1.25 bits per heavy atom. The van der Waals surface area contributed by atoms with Gasteiger partial charge in [-0.3, -0.25) is 0 Å². The zero-order valence-corrected chi connectivity index (χ0v) is 12.2. The molecule has 1 saturated carbocycles. The zero-order chi connectivity index (χ0) is 14.9. The highest BCUT2D eigenvalue weighted by molar-refractivity contribution is 5.53. The minimum Gasteiger partial charge on any atom is -0.504 e. The number of hydrogen-bond donors (Lipinski definition) is 4. The van der Waals surface area contributed by atoms with Gasteiger partial charge >= 0.3 is 0 Å². The van der Waals surface area contributed by atoms with E-state index in [4.69, 9.17) is 4.74 Å². The molecule has 2 unspecified atom stereocenters. The van der Waals surface area contributed by atoms with E-state index in [0.717, 1.165) is 6.42 Å². The van der Waals surface area contributed by atoms with Gasteiger partial charge in [0.2, 0.25) is 5.75 Å². The van der Waals surface area contributed by atoms with Gasteiger partial charge < -0.3 is 25.4 Å². The van der Waals surface area contributed by atoms with Crippen LogP contribution in [0.3, 0.4) is 0 Å². The van der Waals surface area contributed by atoms with Crippen molar-refractivity contribution in [1.29, 1.82) is 0 Å². The summed E-state index contributed by atoms with van der Waals surface area (Å²) in [5, 5.41) is 31.9. The van der Waals surface area contributed by atoms with Crippen molar-refractivity contribution in [2.45, 2.75) is 45.9 Å². The van der Waals surface area contributed by atoms with Gasteiger partial charge in [-0.25, -0.2) is 0 Å². The first kappa shape index (κ1) is 14.9. The minimum absolute atomic E-state index is 0.0462. The van der Waals surface area contributed by atoms with Crippen LogP contribution in [0.4, 0.5) is 0 Å². The van der Waals surface area contributed by atoms with Crippen LogP contribution >= 0.6 is 0 Å². The highest BCUT2D eigenvalue weighted by atomic mass is 16.5. The molecule has 5 nitrogen and oxygen atoms in total. The molecule has 2 atom stereocenters. The van der Waals surface area contributed by atoms with Crippen LogP contribution < -0.4 is 5.32 Å². The van der Waals surface area contributed by atoms with Crippen LogP contribution in [0.5, 0.6) is 17.2 Å². The Kier molecular flexibility index (Phi) is 4.11. The van der Waals surface area contributed by atoms with Crippen LogP contribution in [-0.4, -0.2) is 34.1 Å². The minimum atomic E-state index is -0.468. The second-order valence-corrected chi connectivity index (χ2v) is 5.88. The van der Waals surface area contributed by atoms with Crippen molar-refractivity contribution >= 4 is 0 Å². The molecule has 0 saturated heterocycles. The fourth-order valence-corrected chi connectivity index (χ4v) is 2.70. The summed E-state index contributed by atoms with van der Waals surface area (Å²) < 4.78 is 5.67. The third-order valence-electron chi connectivity index (χ3n) is 4.30. The van der Waals surface area contributed by atoms with Crippen LogP contribution in [-0.2, 0) is 11.3 Å². The van der Waals surface area contributed by atoms with E-state index >= 15 is 0 Å². The van der Waals surface area contributed by atoms with E-state index in [1.165, 1.54) is 6.07 Å². The smallest absolute Gasteiger partial charge is 0.200 e. The topological polar surface area (TPSA) is 82.0 Å². The molecule has 1 aromatic carbocycles. The SMILES string of the molecule is CCOC1CC(NCc2ccc(O)c(O)c2O)C1(C)C. The molecule has 0 spiro atoms. The molecule has 5 heteroatoms. The first-order valence-electron chi connectivity index (χ1n) is 6.95. The number of ether oxygens (including phenoxy) is 1.